The highest BCUT2D eigenvalue weighted by Crippen LogP contribution is 2.42. The lowest BCUT2D eigenvalue weighted by Crippen LogP contribution is -2.19. The minimum atomic E-state index is -0.570. The summed E-state index contributed by atoms with van der Waals surface area (Å²) in [6.07, 6.45) is 0.261. The number of benzene rings is 4. The van der Waals surface area contributed by atoms with Gasteiger partial charge in [0.2, 0.25) is 0 Å². The maximum atomic E-state index is 13.1. The molecule has 0 saturated heterocycles. The van der Waals surface area contributed by atoms with Gasteiger partial charge in [0.05, 0.1) is 11.6 Å². The normalized spacial score (nSPS) is 17.2. The van der Waals surface area contributed by atoms with Gasteiger partial charge in [-0.15, -0.1) is 0 Å². The van der Waals surface area contributed by atoms with Crippen LogP contribution in [-0.2, 0) is 9.59 Å². The maximum absolute atomic E-state index is 13.1. The number of fused-ring (bicyclic) bond motifs is 1. The molecule has 0 N–H and O–H groups in total. The Kier molecular flexibility index (Phi) is 4.88. The molecule has 3 nitrogen and oxygen atoms in total. The van der Waals surface area contributed by atoms with Gasteiger partial charge < -0.3 is 0 Å². The number of hydrogen-bond acceptors (Lipinski definition) is 2. The number of rotatable bonds is 4. The number of hydrogen-bond donors (Lipinski definition) is 0. The predicted molar refractivity (Wildman–Crippen MR) is 135 cm³/mol. The first kappa shape index (κ1) is 20.3. The van der Waals surface area contributed by atoms with E-state index in [0.717, 1.165) is 39.0 Å². The molecule has 0 saturated carbocycles. The van der Waals surface area contributed by atoms with Crippen LogP contribution >= 0.6 is 0 Å². The van der Waals surface area contributed by atoms with Crippen LogP contribution in [0.1, 0.15) is 17.5 Å². The molecule has 0 aromatic heterocycles. The molecule has 1 heterocycles. The van der Waals surface area contributed by atoms with E-state index in [1.54, 1.807) is 0 Å². The number of ketones is 1. The zero-order valence-corrected chi connectivity index (χ0v) is 18.4. The van der Waals surface area contributed by atoms with E-state index in [4.69, 9.17) is 0 Å². The fourth-order valence-electron chi connectivity index (χ4n) is 4.93. The van der Waals surface area contributed by atoms with Crippen molar-refractivity contribution in [3.8, 4) is 22.3 Å². The predicted octanol–water partition coefficient (Wildman–Crippen LogP) is 6.39. The highest BCUT2D eigenvalue weighted by atomic mass is 16.2. The molecule has 1 aliphatic heterocycles. The van der Waals surface area contributed by atoms with Crippen LogP contribution in [0.2, 0.25) is 0 Å². The molecule has 1 unspecified atom stereocenters. The second-order valence-corrected chi connectivity index (χ2v) is 8.66. The largest absolute Gasteiger partial charge is 0.298 e. The summed E-state index contributed by atoms with van der Waals surface area (Å²) in [6.45, 7) is 0. The van der Waals surface area contributed by atoms with Crippen LogP contribution in [0.5, 0.6) is 0 Å². The Morgan fingerprint density at radius 2 is 0.971 bits per heavy atom. The van der Waals surface area contributed by atoms with Crippen molar-refractivity contribution < 1.29 is 9.59 Å². The van der Waals surface area contributed by atoms with E-state index in [2.05, 4.69) is 29.3 Å². The number of amides is 1. The number of nitrogens with zero attached hydrogens (tertiary/aromatic N) is 1. The lowest BCUT2D eigenvalue weighted by molar-refractivity contribution is -0.119. The Balaban J connectivity index is 1.32. The van der Waals surface area contributed by atoms with Gasteiger partial charge in [0.25, 0.3) is 5.91 Å². The minimum absolute atomic E-state index is 0.0360. The third kappa shape index (κ3) is 3.43. The van der Waals surface area contributed by atoms with Crippen molar-refractivity contribution >= 4 is 23.0 Å². The molecule has 1 atom stereocenters. The smallest absolute Gasteiger partial charge is 0.274 e. The number of aliphatic imine (C=N–C) groups is 1. The molecule has 162 valence electrons. The van der Waals surface area contributed by atoms with Crippen molar-refractivity contribution in [2.45, 2.75) is 6.42 Å². The van der Waals surface area contributed by atoms with Gasteiger partial charge in [-0.2, -0.15) is 0 Å². The minimum Gasteiger partial charge on any atom is -0.298 e. The lowest BCUT2D eigenvalue weighted by Gasteiger charge is -2.09. The van der Waals surface area contributed by atoms with Gasteiger partial charge in [-0.05, 0) is 39.0 Å². The van der Waals surface area contributed by atoms with Crippen molar-refractivity contribution in [1.82, 2.24) is 0 Å². The van der Waals surface area contributed by atoms with E-state index < -0.39 is 5.92 Å². The topological polar surface area (TPSA) is 46.5 Å². The van der Waals surface area contributed by atoms with Gasteiger partial charge in [-0.25, -0.2) is 4.99 Å². The Labute approximate surface area is 198 Å². The molecule has 34 heavy (non-hydrogen) atoms. The second kappa shape index (κ2) is 8.20. The van der Waals surface area contributed by atoms with Gasteiger partial charge >= 0.3 is 0 Å². The Morgan fingerprint density at radius 3 is 1.50 bits per heavy atom. The molecule has 3 heteroatoms. The maximum Gasteiger partial charge on any atom is 0.274 e. The van der Waals surface area contributed by atoms with E-state index in [-0.39, 0.29) is 18.1 Å². The highest BCUT2D eigenvalue weighted by molar-refractivity contribution is 6.34. The van der Waals surface area contributed by atoms with Crippen LogP contribution < -0.4 is 0 Å². The van der Waals surface area contributed by atoms with Gasteiger partial charge in [0.1, 0.15) is 0 Å². The second-order valence-electron chi connectivity index (χ2n) is 8.66. The summed E-state index contributed by atoms with van der Waals surface area (Å²) < 4.78 is 0. The summed E-state index contributed by atoms with van der Waals surface area (Å²) in [6, 6.07) is 36.3. The first-order chi connectivity index (χ1) is 16.7. The van der Waals surface area contributed by atoms with Crippen molar-refractivity contribution in [2.75, 3.05) is 0 Å². The molecule has 0 spiro atoms. The standard InChI is InChI=1S/C31H21NO2/c33-27-19-26(24-15-11-22(12-16-24)20-7-3-1-4-8-20)28-29(27)30(32-31(28)34)25-17-13-23(14-18-25)21-9-5-2-6-10-21/h1-18,29H,19H2. The van der Waals surface area contributed by atoms with Crippen LogP contribution in [0.15, 0.2) is 120 Å². The van der Waals surface area contributed by atoms with E-state index in [9.17, 15) is 9.59 Å². The molecule has 6 rings (SSSR count). The molecule has 4 aromatic carbocycles. The monoisotopic (exact) mass is 439 g/mol. The summed E-state index contributed by atoms with van der Waals surface area (Å²) >= 11 is 0. The van der Waals surface area contributed by atoms with Crippen LogP contribution in [0.25, 0.3) is 27.8 Å². The number of allylic oxidation sites excluding steroid dienone is 1. The molecule has 1 amide bonds. The van der Waals surface area contributed by atoms with Gasteiger partial charge in [0, 0.05) is 12.0 Å². The fraction of sp³-hybridized carbons (Fsp3) is 0.0645. The first-order valence-corrected chi connectivity index (χ1v) is 11.4. The Bertz CT molecular complexity index is 1460. The van der Waals surface area contributed by atoms with Gasteiger partial charge in [-0.1, -0.05) is 109 Å². The number of carbonyl (C=O) groups is 2. The molecule has 0 bridgehead atoms. The molecular weight excluding hydrogens is 418 g/mol. The lowest BCUT2D eigenvalue weighted by atomic mass is 9.91. The van der Waals surface area contributed by atoms with E-state index in [0.29, 0.717) is 11.3 Å². The highest BCUT2D eigenvalue weighted by Gasteiger charge is 2.45. The van der Waals surface area contributed by atoms with E-state index >= 15 is 0 Å². The van der Waals surface area contributed by atoms with Crippen molar-refractivity contribution in [3.05, 3.63) is 126 Å². The molecule has 0 radical (unpaired) electrons. The Hall–Kier alpha value is -4.37. The number of carbonyl (C=O) groups excluding carboxylic acids is 2. The van der Waals surface area contributed by atoms with Crippen LogP contribution in [0.4, 0.5) is 0 Å². The van der Waals surface area contributed by atoms with Gasteiger partial charge in [-0.3, -0.25) is 9.59 Å². The third-order valence-corrected chi connectivity index (χ3v) is 6.64. The average molecular weight is 440 g/mol. The summed E-state index contributed by atoms with van der Waals surface area (Å²) in [5.41, 5.74) is 8.09. The molecule has 2 aliphatic rings. The summed E-state index contributed by atoms with van der Waals surface area (Å²) in [4.78, 5) is 30.4. The Morgan fingerprint density at radius 1 is 0.529 bits per heavy atom. The fourth-order valence-corrected chi connectivity index (χ4v) is 4.93. The molecule has 0 fully saturated rings. The van der Waals surface area contributed by atoms with Crippen LogP contribution in [0, 0.1) is 5.92 Å². The van der Waals surface area contributed by atoms with Crippen molar-refractivity contribution in [3.63, 3.8) is 0 Å². The third-order valence-electron chi connectivity index (χ3n) is 6.64. The molecule has 4 aromatic rings. The summed E-state index contributed by atoms with van der Waals surface area (Å²) in [5, 5.41) is 0. The quantitative estimate of drug-likeness (QED) is 0.370. The summed E-state index contributed by atoms with van der Waals surface area (Å²) in [7, 11) is 0. The van der Waals surface area contributed by atoms with Crippen LogP contribution in [0.3, 0.4) is 0 Å². The molecule has 1 aliphatic carbocycles. The molecular formula is C31H21NO2. The van der Waals surface area contributed by atoms with E-state index in [1.165, 1.54) is 0 Å². The zero-order chi connectivity index (χ0) is 23.1. The average Bonchev–Trinajstić information content (AvgIpc) is 3.43. The van der Waals surface area contributed by atoms with Gasteiger partial charge in [0.15, 0.2) is 5.78 Å². The first-order valence-electron chi connectivity index (χ1n) is 11.4. The van der Waals surface area contributed by atoms with E-state index in [1.807, 2.05) is 84.9 Å². The number of Topliss-reactive ketones (excluding diaryl/α,β-unsaturated/α-hetero) is 1. The van der Waals surface area contributed by atoms with Crippen molar-refractivity contribution in [2.24, 2.45) is 10.9 Å². The SMILES string of the molecule is O=C1N=C(c2ccc(-c3ccccc3)cc2)C2C(=O)CC(c3ccc(-c4ccccc4)cc3)=C12. The summed E-state index contributed by atoms with van der Waals surface area (Å²) in [5.74, 6) is -0.826. The zero-order valence-electron chi connectivity index (χ0n) is 18.4. The van der Waals surface area contributed by atoms with Crippen LogP contribution in [-0.4, -0.2) is 17.4 Å². The van der Waals surface area contributed by atoms with Crippen molar-refractivity contribution in [1.29, 1.82) is 0 Å².